The van der Waals surface area contributed by atoms with Gasteiger partial charge in [-0.15, -0.1) is 0 Å². The number of benzene rings is 2. The predicted molar refractivity (Wildman–Crippen MR) is 143 cm³/mol. The van der Waals surface area contributed by atoms with Crippen molar-refractivity contribution in [3.8, 4) is 0 Å². The zero-order valence-electron chi connectivity index (χ0n) is 20.1. The molecule has 1 fully saturated rings. The van der Waals surface area contributed by atoms with Crippen LogP contribution in [0.1, 0.15) is 21.5 Å². The van der Waals surface area contributed by atoms with E-state index >= 15 is 0 Å². The number of likely N-dealkylation sites (N-methyl/N-ethyl adjacent to an activating group) is 1. The van der Waals surface area contributed by atoms with E-state index in [9.17, 15) is 4.79 Å². The number of amides is 1. The Morgan fingerprint density at radius 1 is 0.917 bits per heavy atom. The molecule has 8 heteroatoms. The topological polar surface area (TPSA) is 86.3 Å². The number of carbonyl (C=O) groups is 1. The molecule has 2 N–H and O–H groups in total. The van der Waals surface area contributed by atoms with E-state index in [1.54, 1.807) is 18.6 Å². The molecule has 2 aliphatic heterocycles. The quantitative estimate of drug-likeness (QED) is 0.461. The van der Waals surface area contributed by atoms with Crippen LogP contribution in [0.4, 0.5) is 17.2 Å². The largest absolute Gasteiger partial charge is 0.369 e. The van der Waals surface area contributed by atoms with Gasteiger partial charge in [-0.3, -0.25) is 14.8 Å². The zero-order chi connectivity index (χ0) is 24.5. The smallest absolute Gasteiger partial charge is 0.257 e. The van der Waals surface area contributed by atoms with Crippen molar-refractivity contribution in [2.75, 3.05) is 55.3 Å². The average molecular weight is 478 g/mol. The van der Waals surface area contributed by atoms with Crippen LogP contribution in [-0.4, -0.2) is 65.5 Å². The number of rotatable bonds is 4. The summed E-state index contributed by atoms with van der Waals surface area (Å²) in [6.45, 7) is 4.80. The molecule has 0 unspecified atom stereocenters. The highest BCUT2D eigenvalue weighted by Crippen LogP contribution is 2.33. The highest BCUT2D eigenvalue weighted by Gasteiger charge is 2.19. The fraction of sp³-hybridized carbons (Fsp3) is 0.214. The van der Waals surface area contributed by atoms with Crippen LogP contribution in [-0.2, 0) is 0 Å². The van der Waals surface area contributed by atoms with E-state index in [-0.39, 0.29) is 5.91 Å². The Balaban J connectivity index is 1.22. The van der Waals surface area contributed by atoms with Gasteiger partial charge >= 0.3 is 0 Å². The van der Waals surface area contributed by atoms with E-state index in [0.29, 0.717) is 12.1 Å². The molecule has 0 radical (unpaired) electrons. The molecule has 0 saturated carbocycles. The van der Waals surface area contributed by atoms with Gasteiger partial charge in [-0.05, 0) is 60.6 Å². The number of anilines is 3. The Kier molecular flexibility index (Phi) is 5.79. The fourth-order valence-electron chi connectivity index (χ4n) is 4.72. The van der Waals surface area contributed by atoms with Crippen molar-refractivity contribution in [1.82, 2.24) is 19.9 Å². The van der Waals surface area contributed by atoms with Gasteiger partial charge in [-0.25, -0.2) is 4.98 Å². The summed E-state index contributed by atoms with van der Waals surface area (Å²) in [5, 5.41) is 6.32. The molecule has 0 atom stereocenters. The van der Waals surface area contributed by atoms with Gasteiger partial charge in [0.05, 0.1) is 16.6 Å². The number of hydrogen-bond donors (Lipinski definition) is 2. The van der Waals surface area contributed by atoms with E-state index < -0.39 is 0 Å². The molecular weight excluding hydrogens is 450 g/mol. The van der Waals surface area contributed by atoms with Crippen LogP contribution in [0.3, 0.4) is 0 Å². The molecule has 1 amide bonds. The number of pyridine rings is 1. The summed E-state index contributed by atoms with van der Waals surface area (Å²) in [4.78, 5) is 31.2. The maximum Gasteiger partial charge on any atom is 0.257 e. The summed E-state index contributed by atoms with van der Waals surface area (Å²) in [7, 11) is 2.15. The lowest BCUT2D eigenvalue weighted by Gasteiger charge is -2.34. The Morgan fingerprint density at radius 2 is 1.69 bits per heavy atom. The predicted octanol–water partition coefficient (Wildman–Crippen LogP) is 3.89. The molecule has 0 bridgehead atoms. The summed E-state index contributed by atoms with van der Waals surface area (Å²) < 4.78 is 0. The first-order valence-corrected chi connectivity index (χ1v) is 12.1. The number of nitrogens with zero attached hydrogens (tertiary/aromatic N) is 5. The monoisotopic (exact) mass is 477 g/mol. The van der Waals surface area contributed by atoms with Gasteiger partial charge in [-0.2, -0.15) is 0 Å². The van der Waals surface area contributed by atoms with Crippen molar-refractivity contribution in [3.63, 3.8) is 0 Å². The van der Waals surface area contributed by atoms with Gasteiger partial charge in [0.15, 0.2) is 0 Å². The van der Waals surface area contributed by atoms with Gasteiger partial charge in [0.1, 0.15) is 5.82 Å². The van der Waals surface area contributed by atoms with Crippen molar-refractivity contribution >= 4 is 39.7 Å². The highest BCUT2D eigenvalue weighted by atomic mass is 16.1. The lowest BCUT2D eigenvalue weighted by atomic mass is 9.94. The third-order valence-electron chi connectivity index (χ3n) is 6.79. The van der Waals surface area contributed by atoms with Crippen molar-refractivity contribution in [2.24, 2.45) is 0 Å². The van der Waals surface area contributed by atoms with E-state index in [2.05, 4.69) is 60.6 Å². The van der Waals surface area contributed by atoms with Crippen LogP contribution in [0.15, 0.2) is 73.2 Å². The van der Waals surface area contributed by atoms with Crippen LogP contribution >= 0.6 is 0 Å². The molecule has 0 spiro atoms. The molecule has 4 aromatic rings. The van der Waals surface area contributed by atoms with Crippen LogP contribution in [0.25, 0.3) is 16.6 Å². The maximum absolute atomic E-state index is 13.1. The summed E-state index contributed by atoms with van der Waals surface area (Å²) in [6, 6.07) is 16.0. The molecule has 4 heterocycles. The molecule has 2 aromatic carbocycles. The SMILES string of the molecule is CN1CCN(c2ccc(NC(=O)c3cnc4c(c3)C(c3ccc5nccnc5c3)=CCN4)cc2)CC1. The van der Waals surface area contributed by atoms with E-state index in [1.807, 2.05) is 36.4 Å². The first kappa shape index (κ1) is 22.2. The number of hydrogen-bond acceptors (Lipinski definition) is 7. The lowest BCUT2D eigenvalue weighted by Crippen LogP contribution is -2.44. The van der Waals surface area contributed by atoms with E-state index in [1.165, 1.54) is 5.69 Å². The van der Waals surface area contributed by atoms with Gasteiger partial charge < -0.3 is 20.4 Å². The lowest BCUT2D eigenvalue weighted by molar-refractivity contribution is 0.102. The highest BCUT2D eigenvalue weighted by molar-refractivity contribution is 6.05. The first-order chi connectivity index (χ1) is 17.6. The molecule has 8 nitrogen and oxygen atoms in total. The minimum atomic E-state index is -0.188. The summed E-state index contributed by atoms with van der Waals surface area (Å²) in [5.41, 5.74) is 7.06. The Hall–Kier alpha value is -4.30. The normalized spacial score (nSPS) is 15.7. The van der Waals surface area contributed by atoms with E-state index in [4.69, 9.17) is 0 Å². The van der Waals surface area contributed by atoms with Crippen molar-refractivity contribution in [1.29, 1.82) is 0 Å². The molecule has 0 aliphatic carbocycles. The molecule has 180 valence electrons. The van der Waals surface area contributed by atoms with Crippen LogP contribution in [0.5, 0.6) is 0 Å². The first-order valence-electron chi connectivity index (χ1n) is 12.1. The van der Waals surface area contributed by atoms with Gasteiger partial charge in [0.25, 0.3) is 5.91 Å². The fourth-order valence-corrected chi connectivity index (χ4v) is 4.72. The Bertz CT molecular complexity index is 1460. The number of piperazine rings is 1. The van der Waals surface area contributed by atoms with Crippen LogP contribution in [0, 0.1) is 0 Å². The van der Waals surface area contributed by atoms with Crippen molar-refractivity contribution in [2.45, 2.75) is 0 Å². The molecule has 2 aliphatic rings. The van der Waals surface area contributed by atoms with Gasteiger partial charge in [0, 0.05) is 68.3 Å². The second-order valence-electron chi connectivity index (χ2n) is 9.17. The standard InChI is InChI=1S/C28H27N7O/c1-34-12-14-35(15-13-34)22-5-3-21(4-6-22)33-28(36)20-16-24-23(8-9-31-27(24)32-18-20)19-2-7-25-26(17-19)30-11-10-29-25/h2-8,10-11,16-18H,9,12-15H2,1H3,(H,31,32)(H,33,36). The third-order valence-corrected chi connectivity index (χ3v) is 6.79. The van der Waals surface area contributed by atoms with Gasteiger partial charge in [-0.1, -0.05) is 12.1 Å². The van der Waals surface area contributed by atoms with E-state index in [0.717, 1.165) is 65.4 Å². The summed E-state index contributed by atoms with van der Waals surface area (Å²) in [5.74, 6) is 0.576. The summed E-state index contributed by atoms with van der Waals surface area (Å²) in [6.07, 6.45) is 7.11. The average Bonchev–Trinajstić information content (AvgIpc) is 2.93. The van der Waals surface area contributed by atoms with Crippen molar-refractivity contribution < 1.29 is 4.79 Å². The molecule has 36 heavy (non-hydrogen) atoms. The second kappa shape index (κ2) is 9.39. The van der Waals surface area contributed by atoms with Crippen LogP contribution in [0.2, 0.25) is 0 Å². The summed E-state index contributed by atoms with van der Waals surface area (Å²) >= 11 is 0. The van der Waals surface area contributed by atoms with Crippen molar-refractivity contribution in [3.05, 3.63) is 89.9 Å². The molecule has 2 aromatic heterocycles. The Morgan fingerprint density at radius 3 is 2.50 bits per heavy atom. The number of nitrogens with one attached hydrogen (secondary N) is 2. The number of fused-ring (bicyclic) bond motifs is 2. The third kappa shape index (κ3) is 4.38. The maximum atomic E-state index is 13.1. The number of carbonyl (C=O) groups excluding carboxylic acids is 1. The molecule has 1 saturated heterocycles. The minimum Gasteiger partial charge on any atom is -0.369 e. The number of aromatic nitrogens is 3. The molecular formula is C28H27N7O. The van der Waals surface area contributed by atoms with Crippen LogP contribution < -0.4 is 15.5 Å². The second-order valence-corrected chi connectivity index (χ2v) is 9.17. The molecule has 6 rings (SSSR count). The minimum absolute atomic E-state index is 0.188. The van der Waals surface area contributed by atoms with Gasteiger partial charge in [0.2, 0.25) is 0 Å². The zero-order valence-corrected chi connectivity index (χ0v) is 20.1. The Labute approximate surface area is 209 Å².